The van der Waals surface area contributed by atoms with Gasteiger partial charge in [-0.15, -0.1) is 0 Å². The predicted octanol–water partition coefficient (Wildman–Crippen LogP) is 1.40. The van der Waals surface area contributed by atoms with E-state index in [1.54, 1.807) is 20.1 Å². The van der Waals surface area contributed by atoms with Crippen LogP contribution in [0, 0.1) is 29.6 Å². The molecule has 0 aliphatic carbocycles. The van der Waals surface area contributed by atoms with Crippen molar-refractivity contribution < 1.29 is 9.53 Å². The maximum atomic E-state index is 11.5. The largest absolute Gasteiger partial charge is 0.385 e. The van der Waals surface area contributed by atoms with Crippen LogP contribution in [0.25, 0.3) is 0 Å². The molecule has 7 nitrogen and oxygen atoms in total. The molecule has 7 heteroatoms. The molecule has 0 atom stereocenters. The Labute approximate surface area is 123 Å². The van der Waals surface area contributed by atoms with Crippen molar-refractivity contribution in [1.29, 1.82) is 10.5 Å². The molecule has 0 unspecified atom stereocenters. The monoisotopic (exact) mass is 287 g/mol. The van der Waals surface area contributed by atoms with Gasteiger partial charge < -0.3 is 10.1 Å². The number of ether oxygens (including phenoxy) is 1. The molecule has 1 aromatic rings. The van der Waals surface area contributed by atoms with Crippen LogP contribution in [0.5, 0.6) is 0 Å². The molecule has 0 spiro atoms. The van der Waals surface area contributed by atoms with Crippen molar-refractivity contribution in [2.24, 2.45) is 0 Å². The average Bonchev–Trinajstić information content (AvgIpc) is 2.50. The molecular formula is C14H17N5O2. The van der Waals surface area contributed by atoms with Crippen molar-refractivity contribution >= 4 is 11.7 Å². The summed E-state index contributed by atoms with van der Waals surface area (Å²) in [6, 6.07) is 6.64. The van der Waals surface area contributed by atoms with Crippen molar-refractivity contribution in [2.45, 2.75) is 13.3 Å². The second kappa shape index (κ2) is 8.41. The van der Waals surface area contributed by atoms with E-state index in [2.05, 4.69) is 16.2 Å². The summed E-state index contributed by atoms with van der Waals surface area (Å²) in [5.74, 6) is 0. The van der Waals surface area contributed by atoms with Crippen molar-refractivity contribution in [2.75, 3.05) is 25.7 Å². The fourth-order valence-corrected chi connectivity index (χ4v) is 1.61. The van der Waals surface area contributed by atoms with Gasteiger partial charge in [-0.2, -0.15) is 10.5 Å². The Kier molecular flexibility index (Phi) is 6.52. The van der Waals surface area contributed by atoms with Gasteiger partial charge in [0.1, 0.15) is 12.1 Å². The fraction of sp³-hybridized carbons (Fsp3) is 0.357. The summed E-state index contributed by atoms with van der Waals surface area (Å²) in [7, 11) is 1.60. The van der Waals surface area contributed by atoms with Gasteiger partial charge in [-0.3, -0.25) is 10.9 Å². The van der Waals surface area contributed by atoms with Gasteiger partial charge in [0, 0.05) is 20.3 Å². The third-order valence-corrected chi connectivity index (χ3v) is 2.73. The highest BCUT2D eigenvalue weighted by atomic mass is 16.5. The summed E-state index contributed by atoms with van der Waals surface area (Å²) in [6.07, 6.45) is 0.721. The molecular weight excluding hydrogens is 270 g/mol. The van der Waals surface area contributed by atoms with E-state index in [9.17, 15) is 4.79 Å². The maximum Gasteiger partial charge on any atom is 0.333 e. The number of urea groups is 1. The first-order valence-corrected chi connectivity index (χ1v) is 6.36. The Morgan fingerprint density at radius 1 is 1.29 bits per heavy atom. The van der Waals surface area contributed by atoms with Gasteiger partial charge >= 0.3 is 6.03 Å². The summed E-state index contributed by atoms with van der Waals surface area (Å²) in [5, 5.41) is 20.5. The van der Waals surface area contributed by atoms with Gasteiger partial charge in [0.05, 0.1) is 16.8 Å². The Morgan fingerprint density at radius 2 is 1.95 bits per heavy atom. The zero-order chi connectivity index (χ0) is 15.7. The molecule has 3 N–H and O–H groups in total. The zero-order valence-corrected chi connectivity index (χ0v) is 12.0. The minimum absolute atomic E-state index is 0.257. The molecule has 0 aliphatic heterocycles. The molecule has 2 amide bonds. The van der Waals surface area contributed by atoms with Crippen LogP contribution in [-0.4, -0.2) is 26.3 Å². The number of aryl methyl sites for hydroxylation is 1. The molecule has 0 fully saturated rings. The SMILES string of the molecule is COCCCNC(=O)NNc1cc(C#N)c(C#N)cc1C. The van der Waals surface area contributed by atoms with Gasteiger partial charge in [0.2, 0.25) is 0 Å². The molecule has 0 aromatic heterocycles. The fourth-order valence-electron chi connectivity index (χ4n) is 1.61. The number of anilines is 1. The standard InChI is InChI=1S/C14H17N5O2/c1-10-6-11(8-15)12(9-16)7-13(10)18-19-14(20)17-4-3-5-21-2/h6-7,18H,3-5H2,1-2H3,(H2,17,19,20). The number of nitrogens with zero attached hydrogens (tertiary/aromatic N) is 2. The predicted molar refractivity (Wildman–Crippen MR) is 77.3 cm³/mol. The van der Waals surface area contributed by atoms with Crippen LogP contribution in [0.3, 0.4) is 0 Å². The van der Waals surface area contributed by atoms with E-state index in [4.69, 9.17) is 15.3 Å². The van der Waals surface area contributed by atoms with Crippen molar-refractivity contribution in [3.8, 4) is 12.1 Å². The molecule has 1 rings (SSSR count). The number of amides is 2. The van der Waals surface area contributed by atoms with Gasteiger partial charge in [0.25, 0.3) is 0 Å². The summed E-state index contributed by atoms with van der Waals surface area (Å²) in [5.41, 5.74) is 7.09. The topological polar surface area (TPSA) is 110 Å². The Morgan fingerprint density at radius 3 is 2.57 bits per heavy atom. The minimum Gasteiger partial charge on any atom is -0.385 e. The number of nitriles is 2. The third-order valence-electron chi connectivity index (χ3n) is 2.73. The zero-order valence-electron chi connectivity index (χ0n) is 12.0. The molecule has 0 aliphatic rings. The first-order valence-electron chi connectivity index (χ1n) is 6.36. The number of carbonyl (C=O) groups excluding carboxylic acids is 1. The van der Waals surface area contributed by atoms with Crippen molar-refractivity contribution in [3.05, 3.63) is 28.8 Å². The van der Waals surface area contributed by atoms with Crippen LogP contribution in [0.4, 0.5) is 10.5 Å². The smallest absolute Gasteiger partial charge is 0.333 e. The number of hydrogen-bond donors (Lipinski definition) is 3. The van der Waals surface area contributed by atoms with Gasteiger partial charge in [-0.1, -0.05) is 0 Å². The lowest BCUT2D eigenvalue weighted by Gasteiger charge is -2.12. The molecule has 0 heterocycles. The van der Waals surface area contributed by atoms with E-state index in [0.29, 0.717) is 24.4 Å². The minimum atomic E-state index is -0.381. The quantitative estimate of drug-likeness (QED) is 0.541. The summed E-state index contributed by atoms with van der Waals surface area (Å²) in [4.78, 5) is 11.5. The second-order valence-electron chi connectivity index (χ2n) is 4.29. The molecule has 110 valence electrons. The highest BCUT2D eigenvalue weighted by Crippen LogP contribution is 2.19. The Hall–Kier alpha value is -2.77. The van der Waals surface area contributed by atoms with Crippen LogP contribution in [0.2, 0.25) is 0 Å². The lowest BCUT2D eigenvalue weighted by molar-refractivity contribution is 0.193. The van der Waals surface area contributed by atoms with Crippen molar-refractivity contribution in [3.63, 3.8) is 0 Å². The lowest BCUT2D eigenvalue weighted by atomic mass is 10.0. The summed E-state index contributed by atoms with van der Waals surface area (Å²) < 4.78 is 4.87. The van der Waals surface area contributed by atoms with Gasteiger partial charge in [0.15, 0.2) is 0 Å². The van der Waals surface area contributed by atoms with E-state index in [-0.39, 0.29) is 11.6 Å². The van der Waals surface area contributed by atoms with E-state index < -0.39 is 0 Å². The number of carbonyl (C=O) groups is 1. The lowest BCUT2D eigenvalue weighted by Crippen LogP contribution is -2.39. The summed E-state index contributed by atoms with van der Waals surface area (Å²) >= 11 is 0. The highest BCUT2D eigenvalue weighted by Gasteiger charge is 2.07. The van der Waals surface area contributed by atoms with Crippen molar-refractivity contribution in [1.82, 2.24) is 10.7 Å². The highest BCUT2D eigenvalue weighted by molar-refractivity contribution is 5.76. The normalized spacial score (nSPS) is 9.33. The molecule has 0 saturated heterocycles. The third kappa shape index (κ3) is 5.01. The number of rotatable bonds is 6. The van der Waals surface area contributed by atoms with E-state index in [0.717, 1.165) is 12.0 Å². The van der Waals surface area contributed by atoms with Crippen LogP contribution < -0.4 is 16.2 Å². The number of benzene rings is 1. The molecule has 0 radical (unpaired) electrons. The molecule has 21 heavy (non-hydrogen) atoms. The van der Waals surface area contributed by atoms with Crippen LogP contribution in [0.1, 0.15) is 23.1 Å². The van der Waals surface area contributed by atoms with E-state index in [1.165, 1.54) is 6.07 Å². The summed E-state index contributed by atoms with van der Waals surface area (Å²) in [6.45, 7) is 2.85. The number of hydrogen-bond acceptors (Lipinski definition) is 5. The number of nitrogens with one attached hydrogen (secondary N) is 3. The Balaban J connectivity index is 2.58. The van der Waals surface area contributed by atoms with E-state index >= 15 is 0 Å². The van der Waals surface area contributed by atoms with E-state index in [1.807, 2.05) is 12.1 Å². The molecule has 1 aromatic carbocycles. The maximum absolute atomic E-state index is 11.5. The first kappa shape index (κ1) is 16.3. The van der Waals surface area contributed by atoms with Crippen LogP contribution >= 0.6 is 0 Å². The first-order chi connectivity index (χ1) is 10.1. The van der Waals surface area contributed by atoms with Crippen LogP contribution in [-0.2, 0) is 4.74 Å². The molecule has 0 saturated carbocycles. The molecule has 0 bridgehead atoms. The van der Waals surface area contributed by atoms with Crippen LogP contribution in [0.15, 0.2) is 12.1 Å². The second-order valence-corrected chi connectivity index (χ2v) is 4.29. The van der Waals surface area contributed by atoms with Gasteiger partial charge in [-0.05, 0) is 31.0 Å². The number of hydrazine groups is 1. The number of methoxy groups -OCH3 is 1. The van der Waals surface area contributed by atoms with Gasteiger partial charge in [-0.25, -0.2) is 4.79 Å². The Bertz CT molecular complexity index is 586. The average molecular weight is 287 g/mol.